The highest BCUT2D eigenvalue weighted by molar-refractivity contribution is 8.14. The van der Waals surface area contributed by atoms with Crippen molar-refractivity contribution in [1.82, 2.24) is 26.1 Å². The highest BCUT2D eigenvalue weighted by Gasteiger charge is 2.26. The van der Waals surface area contributed by atoms with Gasteiger partial charge in [-0.1, -0.05) is 29.5 Å². The van der Waals surface area contributed by atoms with Crippen molar-refractivity contribution in [2.24, 2.45) is 10.9 Å². The maximum absolute atomic E-state index is 13.5. The van der Waals surface area contributed by atoms with E-state index in [-0.39, 0.29) is 5.37 Å². The predicted molar refractivity (Wildman–Crippen MR) is 131 cm³/mol. The lowest BCUT2D eigenvalue weighted by molar-refractivity contribution is 0.122. The molecule has 3 aliphatic rings. The molecular formula is C24H26F2N6OS. The van der Waals surface area contributed by atoms with Gasteiger partial charge >= 0.3 is 0 Å². The third-order valence-corrected chi connectivity index (χ3v) is 5.94. The number of aliphatic imine (C=N–C) groups is 1. The van der Waals surface area contributed by atoms with Crippen LogP contribution in [-0.4, -0.2) is 60.6 Å². The number of thioether (sulfide) groups is 1. The van der Waals surface area contributed by atoms with E-state index in [1.165, 1.54) is 31.1 Å². The minimum Gasteiger partial charge on any atom is -0.495 e. The van der Waals surface area contributed by atoms with Crippen LogP contribution in [0.5, 0.6) is 0 Å². The summed E-state index contributed by atoms with van der Waals surface area (Å²) in [7, 11) is 5.35. The monoisotopic (exact) mass is 484 g/mol. The first-order valence-corrected chi connectivity index (χ1v) is 11.7. The molecule has 3 heterocycles. The second-order valence-corrected chi connectivity index (χ2v) is 9.29. The van der Waals surface area contributed by atoms with Gasteiger partial charge in [0.1, 0.15) is 22.9 Å². The van der Waals surface area contributed by atoms with Crippen molar-refractivity contribution in [1.29, 1.82) is 0 Å². The molecule has 1 saturated heterocycles. The molecule has 0 spiro atoms. The molecule has 10 heteroatoms. The van der Waals surface area contributed by atoms with Gasteiger partial charge in [0.25, 0.3) is 6.43 Å². The van der Waals surface area contributed by atoms with Gasteiger partial charge in [0, 0.05) is 23.3 Å². The number of pyridine rings is 1. The van der Waals surface area contributed by atoms with E-state index in [4.69, 9.17) is 9.73 Å². The van der Waals surface area contributed by atoms with E-state index in [1.54, 1.807) is 12.3 Å². The van der Waals surface area contributed by atoms with Crippen LogP contribution in [0, 0.1) is 29.6 Å². The summed E-state index contributed by atoms with van der Waals surface area (Å²) in [6, 6.07) is 0.611. The maximum Gasteiger partial charge on any atom is 0.261 e. The van der Waals surface area contributed by atoms with Gasteiger partial charge in [-0.15, -0.1) is 0 Å². The quantitative estimate of drug-likeness (QED) is 0.555. The molecule has 1 aromatic heterocycles. The van der Waals surface area contributed by atoms with Crippen LogP contribution in [0.3, 0.4) is 0 Å². The van der Waals surface area contributed by atoms with Gasteiger partial charge in [0.05, 0.1) is 25.5 Å². The summed E-state index contributed by atoms with van der Waals surface area (Å²) in [5, 5.41) is 3.18. The summed E-state index contributed by atoms with van der Waals surface area (Å²) in [5.41, 5.74) is 8.28. The highest BCUT2D eigenvalue weighted by Crippen LogP contribution is 2.35. The number of nitrogens with one attached hydrogen (secondary N) is 3. The van der Waals surface area contributed by atoms with E-state index in [2.05, 4.69) is 44.8 Å². The number of halogens is 2. The SMILES string of the molecule is COC1=CNC(C(F)F)C=C1c1cc(C#CCN(C)C)ncc1N=C1NNC(C#CC2CC2)S1. The number of alkyl halides is 2. The van der Waals surface area contributed by atoms with Gasteiger partial charge in [-0.2, -0.15) is 0 Å². The Morgan fingerprint density at radius 3 is 2.85 bits per heavy atom. The third kappa shape index (κ3) is 6.29. The number of hydrazine groups is 1. The second-order valence-electron chi connectivity index (χ2n) is 8.19. The zero-order valence-corrected chi connectivity index (χ0v) is 20.0. The van der Waals surface area contributed by atoms with Crippen LogP contribution in [0.2, 0.25) is 0 Å². The summed E-state index contributed by atoms with van der Waals surface area (Å²) < 4.78 is 32.4. The molecule has 34 heavy (non-hydrogen) atoms. The smallest absolute Gasteiger partial charge is 0.261 e. The van der Waals surface area contributed by atoms with Crippen molar-refractivity contribution in [3.05, 3.63) is 41.6 Å². The van der Waals surface area contributed by atoms with Crippen molar-refractivity contribution in [2.75, 3.05) is 27.7 Å². The number of aromatic nitrogens is 1. The molecule has 7 nitrogen and oxygen atoms in total. The molecule has 0 amide bonds. The molecule has 2 fully saturated rings. The number of amidine groups is 1. The predicted octanol–water partition coefficient (Wildman–Crippen LogP) is 2.67. The normalized spacial score (nSPS) is 22.7. The Labute approximate surface area is 202 Å². The van der Waals surface area contributed by atoms with Gasteiger partial charge in [-0.05, 0) is 45.0 Å². The van der Waals surface area contributed by atoms with Crippen LogP contribution >= 0.6 is 11.8 Å². The second kappa shape index (κ2) is 10.9. The molecule has 4 rings (SSSR count). The van der Waals surface area contributed by atoms with E-state index in [9.17, 15) is 8.78 Å². The zero-order valence-electron chi connectivity index (χ0n) is 19.2. The molecule has 0 bridgehead atoms. The fourth-order valence-electron chi connectivity index (χ4n) is 3.15. The van der Waals surface area contributed by atoms with Crippen LogP contribution in [-0.2, 0) is 4.74 Å². The van der Waals surface area contributed by atoms with E-state index < -0.39 is 12.5 Å². The van der Waals surface area contributed by atoms with Crippen molar-refractivity contribution < 1.29 is 13.5 Å². The van der Waals surface area contributed by atoms with Crippen LogP contribution in [0.4, 0.5) is 14.5 Å². The number of hydrogen-bond acceptors (Lipinski definition) is 7. The van der Waals surface area contributed by atoms with E-state index in [0.29, 0.717) is 45.9 Å². The van der Waals surface area contributed by atoms with Crippen LogP contribution in [0.15, 0.2) is 35.3 Å². The Morgan fingerprint density at radius 1 is 1.32 bits per heavy atom. The Hall–Kier alpha value is -3.05. The van der Waals surface area contributed by atoms with Crippen molar-refractivity contribution >= 4 is 28.2 Å². The average molecular weight is 485 g/mol. The standard InChI is InChI=1S/C24H26F2N6OS/c1-32(2)10-4-5-16-11-17(18-12-19(23(25)26)28-14-21(18)33-3)20(13-27-16)29-24-31-30-22(34-24)9-8-15-6-7-15/h11-15,19,22-23,28,30H,6-7,10H2,1-3H3,(H,29,31). The van der Waals surface area contributed by atoms with Gasteiger partial charge in [0.2, 0.25) is 0 Å². The molecule has 2 aliphatic heterocycles. The van der Waals surface area contributed by atoms with Crippen LogP contribution in [0.1, 0.15) is 24.1 Å². The van der Waals surface area contributed by atoms with Gasteiger partial charge in [-0.3, -0.25) is 10.3 Å². The number of allylic oxidation sites excluding steroid dienone is 1. The van der Waals surface area contributed by atoms with E-state index >= 15 is 0 Å². The number of ether oxygens (including phenoxy) is 1. The number of methoxy groups -OCH3 is 1. The molecule has 2 unspecified atom stereocenters. The summed E-state index contributed by atoms with van der Waals surface area (Å²) in [6.45, 7) is 0.569. The molecule has 2 atom stereocenters. The minimum absolute atomic E-state index is 0.109. The fourth-order valence-corrected chi connectivity index (χ4v) is 3.89. The molecule has 3 N–H and O–H groups in total. The Morgan fingerprint density at radius 2 is 2.15 bits per heavy atom. The molecule has 1 aromatic rings. The highest BCUT2D eigenvalue weighted by atomic mass is 32.2. The number of nitrogens with zero attached hydrogens (tertiary/aromatic N) is 3. The Kier molecular flexibility index (Phi) is 7.73. The lowest BCUT2D eigenvalue weighted by atomic mass is 9.98. The summed E-state index contributed by atoms with van der Waals surface area (Å²) >= 11 is 1.46. The summed E-state index contributed by atoms with van der Waals surface area (Å²) in [4.78, 5) is 11.1. The first-order chi connectivity index (χ1) is 16.4. The molecule has 178 valence electrons. The number of dihydropyridines is 1. The first-order valence-electron chi connectivity index (χ1n) is 10.9. The van der Waals surface area contributed by atoms with Crippen LogP contribution in [0.25, 0.3) is 5.57 Å². The van der Waals surface area contributed by atoms with Crippen molar-refractivity contribution in [3.8, 4) is 23.7 Å². The summed E-state index contributed by atoms with van der Waals surface area (Å²) in [6.07, 6.45) is 4.25. The Balaban J connectivity index is 1.69. The molecule has 0 radical (unpaired) electrons. The third-order valence-electron chi connectivity index (χ3n) is 5.05. The fraction of sp³-hybridized carbons (Fsp3) is 0.417. The first kappa shape index (κ1) is 24.1. The molecule has 1 saturated carbocycles. The minimum atomic E-state index is -2.58. The summed E-state index contributed by atoms with van der Waals surface area (Å²) in [5.74, 6) is 13.5. The number of rotatable bonds is 5. The molecular weight excluding hydrogens is 458 g/mol. The van der Waals surface area contributed by atoms with Crippen LogP contribution < -0.4 is 16.2 Å². The number of hydrogen-bond donors (Lipinski definition) is 3. The van der Waals surface area contributed by atoms with Gasteiger partial charge in [0.15, 0.2) is 5.17 Å². The topological polar surface area (TPSA) is 73.8 Å². The van der Waals surface area contributed by atoms with Gasteiger partial charge in [-0.25, -0.2) is 24.2 Å². The lowest BCUT2D eigenvalue weighted by Crippen LogP contribution is -2.33. The lowest BCUT2D eigenvalue weighted by Gasteiger charge is -2.23. The van der Waals surface area contributed by atoms with Gasteiger partial charge < -0.3 is 10.1 Å². The average Bonchev–Trinajstić information content (AvgIpc) is 3.55. The van der Waals surface area contributed by atoms with E-state index in [1.807, 2.05) is 19.0 Å². The Bertz CT molecular complexity index is 1140. The molecule has 1 aliphatic carbocycles. The zero-order chi connectivity index (χ0) is 24.1. The largest absolute Gasteiger partial charge is 0.495 e. The van der Waals surface area contributed by atoms with Crippen molar-refractivity contribution in [2.45, 2.75) is 30.7 Å². The van der Waals surface area contributed by atoms with Crippen molar-refractivity contribution in [3.63, 3.8) is 0 Å². The molecule has 0 aromatic carbocycles. The maximum atomic E-state index is 13.5. The van der Waals surface area contributed by atoms with E-state index in [0.717, 1.165) is 12.8 Å².